The molecule has 1 amide bonds. The standard InChI is InChI=1S/C12H14BrN5O2/c1-20-7-6-14-11(19)8-18-16-12(15-17-18)9-4-2-3-5-10(9)13/h2-5H,6-8H2,1H3,(H,14,19). The van der Waals surface area contributed by atoms with Crippen LogP contribution in [0.3, 0.4) is 0 Å². The van der Waals surface area contributed by atoms with Crippen LogP contribution in [0.25, 0.3) is 11.4 Å². The molecule has 0 radical (unpaired) electrons. The van der Waals surface area contributed by atoms with Crippen LogP contribution in [0.15, 0.2) is 28.7 Å². The molecule has 2 rings (SSSR count). The first-order valence-corrected chi connectivity index (χ1v) is 6.78. The molecule has 0 bridgehead atoms. The molecule has 0 saturated heterocycles. The summed E-state index contributed by atoms with van der Waals surface area (Å²) in [5, 5.41) is 14.7. The minimum absolute atomic E-state index is 0.0289. The average Bonchev–Trinajstić information content (AvgIpc) is 2.88. The summed E-state index contributed by atoms with van der Waals surface area (Å²) >= 11 is 3.42. The highest BCUT2D eigenvalue weighted by molar-refractivity contribution is 9.10. The zero-order valence-corrected chi connectivity index (χ0v) is 12.5. The fourth-order valence-electron chi connectivity index (χ4n) is 1.54. The van der Waals surface area contributed by atoms with Crippen molar-refractivity contribution in [3.63, 3.8) is 0 Å². The number of nitrogens with zero attached hydrogens (tertiary/aromatic N) is 4. The summed E-state index contributed by atoms with van der Waals surface area (Å²) in [4.78, 5) is 12.9. The molecule has 0 aliphatic rings. The van der Waals surface area contributed by atoms with E-state index in [-0.39, 0.29) is 12.5 Å². The SMILES string of the molecule is COCCNC(=O)Cn1nnc(-c2ccccc2Br)n1. The molecule has 1 aromatic heterocycles. The van der Waals surface area contributed by atoms with Gasteiger partial charge < -0.3 is 10.1 Å². The summed E-state index contributed by atoms with van der Waals surface area (Å²) < 4.78 is 5.73. The number of benzene rings is 1. The molecule has 1 N–H and O–H groups in total. The minimum atomic E-state index is -0.182. The number of halogens is 1. The summed E-state index contributed by atoms with van der Waals surface area (Å²) in [5.41, 5.74) is 0.832. The van der Waals surface area contributed by atoms with Crippen LogP contribution < -0.4 is 5.32 Å². The number of rotatable bonds is 6. The third kappa shape index (κ3) is 3.84. The Kier molecular flexibility index (Phi) is 5.19. The zero-order chi connectivity index (χ0) is 14.4. The van der Waals surface area contributed by atoms with Crippen molar-refractivity contribution in [1.82, 2.24) is 25.5 Å². The van der Waals surface area contributed by atoms with E-state index in [2.05, 4.69) is 36.7 Å². The number of methoxy groups -OCH3 is 1. The van der Waals surface area contributed by atoms with Crippen molar-refractivity contribution in [2.75, 3.05) is 20.3 Å². The number of tetrazole rings is 1. The first kappa shape index (κ1) is 14.6. The fourth-order valence-corrected chi connectivity index (χ4v) is 2.00. The van der Waals surface area contributed by atoms with Crippen LogP contribution in [-0.2, 0) is 16.1 Å². The van der Waals surface area contributed by atoms with Crippen LogP contribution in [0, 0.1) is 0 Å². The molecule has 0 aliphatic heterocycles. The van der Waals surface area contributed by atoms with E-state index in [1.165, 1.54) is 4.80 Å². The monoisotopic (exact) mass is 339 g/mol. The minimum Gasteiger partial charge on any atom is -0.383 e. The van der Waals surface area contributed by atoms with Crippen LogP contribution in [-0.4, -0.2) is 46.4 Å². The lowest BCUT2D eigenvalue weighted by Crippen LogP contribution is -2.31. The molecule has 8 heteroatoms. The van der Waals surface area contributed by atoms with E-state index in [9.17, 15) is 4.79 Å². The number of aromatic nitrogens is 4. The highest BCUT2D eigenvalue weighted by Crippen LogP contribution is 2.23. The lowest BCUT2D eigenvalue weighted by molar-refractivity contribution is -0.122. The van der Waals surface area contributed by atoms with E-state index >= 15 is 0 Å². The van der Waals surface area contributed by atoms with Crippen molar-refractivity contribution in [3.05, 3.63) is 28.7 Å². The topological polar surface area (TPSA) is 81.9 Å². The Morgan fingerprint density at radius 2 is 2.25 bits per heavy atom. The highest BCUT2D eigenvalue weighted by atomic mass is 79.9. The van der Waals surface area contributed by atoms with Crippen LogP contribution >= 0.6 is 15.9 Å². The first-order chi connectivity index (χ1) is 9.70. The summed E-state index contributed by atoms with van der Waals surface area (Å²) in [5.74, 6) is 0.292. The van der Waals surface area contributed by atoms with Gasteiger partial charge in [0.15, 0.2) is 0 Å². The van der Waals surface area contributed by atoms with E-state index in [4.69, 9.17) is 4.74 Å². The quantitative estimate of drug-likeness (QED) is 0.789. The van der Waals surface area contributed by atoms with Gasteiger partial charge >= 0.3 is 0 Å². The van der Waals surface area contributed by atoms with E-state index in [1.807, 2.05) is 24.3 Å². The Balaban J connectivity index is 1.99. The van der Waals surface area contributed by atoms with Gasteiger partial charge in [0.25, 0.3) is 0 Å². The van der Waals surface area contributed by atoms with Crippen molar-refractivity contribution in [2.45, 2.75) is 6.54 Å². The number of carbonyl (C=O) groups excluding carboxylic acids is 1. The van der Waals surface area contributed by atoms with E-state index in [0.717, 1.165) is 10.0 Å². The molecule has 0 saturated carbocycles. The van der Waals surface area contributed by atoms with Crippen LogP contribution in [0.4, 0.5) is 0 Å². The maximum Gasteiger partial charge on any atom is 0.243 e. The maximum atomic E-state index is 11.6. The third-order valence-corrected chi connectivity index (χ3v) is 3.17. The van der Waals surface area contributed by atoms with Crippen molar-refractivity contribution in [2.24, 2.45) is 0 Å². The van der Waals surface area contributed by atoms with Crippen LogP contribution in [0.1, 0.15) is 0 Å². The van der Waals surface area contributed by atoms with E-state index in [0.29, 0.717) is 19.0 Å². The Labute approximate surface area is 124 Å². The van der Waals surface area contributed by atoms with Gasteiger partial charge in [0.2, 0.25) is 11.7 Å². The van der Waals surface area contributed by atoms with Gasteiger partial charge in [-0.15, -0.1) is 10.2 Å². The van der Waals surface area contributed by atoms with Gasteiger partial charge in [-0.05, 0) is 17.3 Å². The van der Waals surface area contributed by atoms with Crippen molar-refractivity contribution >= 4 is 21.8 Å². The zero-order valence-electron chi connectivity index (χ0n) is 10.9. The van der Waals surface area contributed by atoms with Gasteiger partial charge in [0.05, 0.1) is 6.61 Å². The lowest BCUT2D eigenvalue weighted by atomic mass is 10.2. The lowest BCUT2D eigenvalue weighted by Gasteiger charge is -2.02. The fraction of sp³-hybridized carbons (Fsp3) is 0.333. The molecule has 2 aromatic rings. The second kappa shape index (κ2) is 7.11. The molecular formula is C12H14BrN5O2. The molecule has 0 atom stereocenters. The second-order valence-electron chi connectivity index (χ2n) is 3.97. The molecule has 7 nitrogen and oxygen atoms in total. The smallest absolute Gasteiger partial charge is 0.243 e. The number of hydrogen-bond donors (Lipinski definition) is 1. The molecule has 0 aliphatic carbocycles. The predicted octanol–water partition coefficient (Wildman–Crippen LogP) is 0.865. The molecule has 0 fully saturated rings. The van der Waals surface area contributed by atoms with Gasteiger partial charge in [-0.1, -0.05) is 28.1 Å². The van der Waals surface area contributed by atoms with Crippen molar-refractivity contribution < 1.29 is 9.53 Å². The molecule has 20 heavy (non-hydrogen) atoms. The summed E-state index contributed by atoms with van der Waals surface area (Å²) in [6.45, 7) is 0.959. The molecule has 106 valence electrons. The Hall–Kier alpha value is -1.80. The van der Waals surface area contributed by atoms with E-state index < -0.39 is 0 Å². The average molecular weight is 340 g/mol. The van der Waals surface area contributed by atoms with Gasteiger partial charge in [0, 0.05) is 23.7 Å². The van der Waals surface area contributed by atoms with Gasteiger partial charge in [-0.25, -0.2) is 0 Å². The molecule has 0 spiro atoms. The van der Waals surface area contributed by atoms with Gasteiger partial charge in [-0.2, -0.15) is 4.80 Å². The van der Waals surface area contributed by atoms with Gasteiger partial charge in [0.1, 0.15) is 6.54 Å². The highest BCUT2D eigenvalue weighted by Gasteiger charge is 2.10. The van der Waals surface area contributed by atoms with Gasteiger partial charge in [-0.3, -0.25) is 4.79 Å². The molecule has 1 aromatic carbocycles. The number of ether oxygens (including phenoxy) is 1. The third-order valence-electron chi connectivity index (χ3n) is 2.48. The van der Waals surface area contributed by atoms with E-state index in [1.54, 1.807) is 7.11 Å². The first-order valence-electron chi connectivity index (χ1n) is 5.99. The van der Waals surface area contributed by atoms with Crippen molar-refractivity contribution in [3.8, 4) is 11.4 Å². The summed E-state index contributed by atoms with van der Waals surface area (Å²) in [7, 11) is 1.58. The molecule has 1 heterocycles. The Bertz CT molecular complexity index is 587. The largest absolute Gasteiger partial charge is 0.383 e. The molecular weight excluding hydrogens is 326 g/mol. The number of carbonyl (C=O) groups is 1. The summed E-state index contributed by atoms with van der Waals surface area (Å²) in [6.07, 6.45) is 0. The predicted molar refractivity (Wildman–Crippen MR) is 75.8 cm³/mol. The van der Waals surface area contributed by atoms with Crippen LogP contribution in [0.2, 0.25) is 0 Å². The Morgan fingerprint density at radius 3 is 3.00 bits per heavy atom. The normalized spacial score (nSPS) is 10.5. The number of hydrogen-bond acceptors (Lipinski definition) is 5. The summed E-state index contributed by atoms with van der Waals surface area (Å²) in [6, 6.07) is 7.57. The number of nitrogens with one attached hydrogen (secondary N) is 1. The Morgan fingerprint density at radius 1 is 1.45 bits per heavy atom. The number of amides is 1. The van der Waals surface area contributed by atoms with Crippen LogP contribution in [0.5, 0.6) is 0 Å². The maximum absolute atomic E-state index is 11.6. The van der Waals surface area contributed by atoms with Crippen molar-refractivity contribution in [1.29, 1.82) is 0 Å². The second-order valence-corrected chi connectivity index (χ2v) is 4.82. The molecule has 0 unspecified atom stereocenters.